The molecule has 2 aliphatic heterocycles. The highest BCUT2D eigenvalue weighted by Gasteiger charge is 2.45. The maximum Gasteiger partial charge on any atom is 0.393 e. The third kappa shape index (κ3) is 7.99. The molecule has 3 aromatic rings. The number of likely N-dealkylation sites (tertiary alicyclic amines) is 1. The number of aromatic nitrogens is 6. The van der Waals surface area contributed by atoms with E-state index in [9.17, 15) is 40.3 Å². The predicted molar refractivity (Wildman–Crippen MR) is 160 cm³/mol. The van der Waals surface area contributed by atoms with Crippen molar-refractivity contribution in [1.82, 2.24) is 44.9 Å². The van der Waals surface area contributed by atoms with Crippen molar-refractivity contribution in [3.63, 3.8) is 0 Å². The van der Waals surface area contributed by atoms with Gasteiger partial charge in [-0.25, -0.2) is 32.0 Å². The molecule has 1 saturated carbocycles. The van der Waals surface area contributed by atoms with E-state index in [0.29, 0.717) is 12.2 Å². The number of hydrogen-bond acceptors (Lipinski definition) is 7. The van der Waals surface area contributed by atoms with Crippen LogP contribution in [0.1, 0.15) is 85.5 Å². The number of aryl methyl sites for hydroxylation is 1. The normalized spacial score (nSPS) is 24.1. The van der Waals surface area contributed by atoms with Gasteiger partial charge in [-0.15, -0.1) is 0 Å². The van der Waals surface area contributed by atoms with Gasteiger partial charge in [0, 0.05) is 76.9 Å². The lowest BCUT2D eigenvalue weighted by Gasteiger charge is -2.33. The molecular formula is C31H38F7N9O2. The van der Waals surface area contributed by atoms with Crippen molar-refractivity contribution in [3.8, 4) is 0 Å². The molecule has 49 heavy (non-hydrogen) atoms. The Hall–Kier alpha value is -3.83. The van der Waals surface area contributed by atoms with Gasteiger partial charge < -0.3 is 10.6 Å². The quantitative estimate of drug-likeness (QED) is 0.310. The Morgan fingerprint density at radius 2 is 1.76 bits per heavy atom. The van der Waals surface area contributed by atoms with Crippen LogP contribution in [0.15, 0.2) is 18.5 Å². The van der Waals surface area contributed by atoms with Crippen molar-refractivity contribution in [2.24, 2.45) is 17.8 Å². The number of halogens is 7. The molecular weight excluding hydrogens is 663 g/mol. The van der Waals surface area contributed by atoms with Gasteiger partial charge in [-0.2, -0.15) is 23.4 Å². The highest BCUT2D eigenvalue weighted by Crippen LogP contribution is 2.41. The molecule has 3 aromatic heterocycles. The van der Waals surface area contributed by atoms with Crippen molar-refractivity contribution >= 4 is 17.6 Å². The molecule has 0 aromatic carbocycles. The van der Waals surface area contributed by atoms with Crippen LogP contribution in [-0.2, 0) is 24.3 Å². The zero-order valence-corrected chi connectivity index (χ0v) is 26.8. The van der Waals surface area contributed by atoms with Crippen LogP contribution in [0.5, 0.6) is 0 Å². The number of alkyl halides is 7. The topological polar surface area (TPSA) is 122 Å². The summed E-state index contributed by atoms with van der Waals surface area (Å²) in [5, 5.41) is 14.0. The minimum atomic E-state index is -4.51. The molecule has 268 valence electrons. The molecule has 18 heteroatoms. The lowest BCUT2D eigenvalue weighted by Crippen LogP contribution is -2.47. The second-order valence-corrected chi connectivity index (χ2v) is 13.3. The number of rotatable bonds is 9. The molecule has 0 radical (unpaired) electrons. The summed E-state index contributed by atoms with van der Waals surface area (Å²) in [6.45, 7) is 1.85. The Bertz CT molecular complexity index is 1650. The molecule has 3 atom stereocenters. The molecule has 2 N–H and O–H groups in total. The van der Waals surface area contributed by atoms with E-state index in [1.807, 2.05) is 6.92 Å². The lowest BCUT2D eigenvalue weighted by molar-refractivity contribution is -0.183. The zero-order chi connectivity index (χ0) is 35.1. The van der Waals surface area contributed by atoms with Crippen LogP contribution in [-0.4, -0.2) is 83.7 Å². The maximum atomic E-state index is 14.2. The van der Waals surface area contributed by atoms with Crippen molar-refractivity contribution in [2.45, 2.75) is 95.4 Å². The fourth-order valence-electron chi connectivity index (χ4n) is 6.97. The summed E-state index contributed by atoms with van der Waals surface area (Å²) in [6, 6.07) is 0.720. The fraction of sp³-hybridized carbons (Fsp3) is 0.677. The maximum absolute atomic E-state index is 14.2. The Kier molecular flexibility index (Phi) is 9.63. The van der Waals surface area contributed by atoms with Crippen LogP contribution in [0.3, 0.4) is 0 Å². The second kappa shape index (κ2) is 13.5. The van der Waals surface area contributed by atoms with Crippen LogP contribution < -0.4 is 10.6 Å². The minimum Gasteiger partial charge on any atom is -0.355 e. The Morgan fingerprint density at radius 1 is 1.06 bits per heavy atom. The Morgan fingerprint density at radius 3 is 2.43 bits per heavy atom. The molecule has 11 nitrogen and oxygen atoms in total. The summed E-state index contributed by atoms with van der Waals surface area (Å²) in [5.74, 6) is -9.83. The molecule has 1 aliphatic carbocycles. The Labute approximate surface area is 277 Å². The number of nitrogens with one attached hydrogen (secondary N) is 2. The van der Waals surface area contributed by atoms with Crippen LogP contribution in [0.25, 0.3) is 5.78 Å². The summed E-state index contributed by atoms with van der Waals surface area (Å²) in [6.07, 6.45) is -3.46. The van der Waals surface area contributed by atoms with Crippen molar-refractivity contribution in [3.05, 3.63) is 41.2 Å². The van der Waals surface area contributed by atoms with Gasteiger partial charge in [0.15, 0.2) is 0 Å². The van der Waals surface area contributed by atoms with Crippen molar-refractivity contribution in [1.29, 1.82) is 0 Å². The monoisotopic (exact) mass is 701 g/mol. The molecule has 3 aliphatic rings. The average molecular weight is 702 g/mol. The molecule has 5 heterocycles. The smallest absolute Gasteiger partial charge is 0.355 e. The van der Waals surface area contributed by atoms with Crippen LogP contribution in [0, 0.1) is 17.8 Å². The molecule has 6 rings (SSSR count). The summed E-state index contributed by atoms with van der Waals surface area (Å²) in [7, 11) is 0. The van der Waals surface area contributed by atoms with Gasteiger partial charge in [0.05, 0.1) is 35.2 Å². The molecule has 0 spiro atoms. The number of fused-ring (bicyclic) bond motifs is 1. The average Bonchev–Trinajstić information content (AvgIpc) is 3.68. The number of hydrogen-bond donors (Lipinski definition) is 2. The van der Waals surface area contributed by atoms with Gasteiger partial charge >= 0.3 is 6.18 Å². The lowest BCUT2D eigenvalue weighted by atomic mass is 9.81. The van der Waals surface area contributed by atoms with E-state index >= 15 is 0 Å². The van der Waals surface area contributed by atoms with E-state index in [0.717, 1.165) is 0 Å². The van der Waals surface area contributed by atoms with E-state index in [1.54, 1.807) is 4.90 Å². The summed E-state index contributed by atoms with van der Waals surface area (Å²) in [5.41, 5.74) is 1.05. The van der Waals surface area contributed by atoms with E-state index in [-0.39, 0.29) is 87.4 Å². The van der Waals surface area contributed by atoms with Crippen LogP contribution in [0.2, 0.25) is 0 Å². The van der Waals surface area contributed by atoms with Crippen LogP contribution >= 0.6 is 0 Å². The first-order valence-electron chi connectivity index (χ1n) is 16.5. The zero-order valence-electron chi connectivity index (χ0n) is 26.8. The SMILES string of the molecule is CCn1nccc1C(=O)N[C@H](c1cn2nc(C[C@H]3C[C@@H](C(F)(F)F)CNC3=O)c(CN3CCC(F)(F)CC3)nc2n1)C1CCC(F)(F)CC1. The van der Waals surface area contributed by atoms with Gasteiger partial charge in [-0.3, -0.25) is 19.2 Å². The summed E-state index contributed by atoms with van der Waals surface area (Å²) in [4.78, 5) is 37.2. The predicted octanol–water partition coefficient (Wildman–Crippen LogP) is 4.73. The highest BCUT2D eigenvalue weighted by atomic mass is 19.4. The third-order valence-corrected chi connectivity index (χ3v) is 9.90. The first-order chi connectivity index (χ1) is 23.1. The third-order valence-electron chi connectivity index (χ3n) is 9.90. The summed E-state index contributed by atoms with van der Waals surface area (Å²) >= 11 is 0. The number of nitrogens with zero attached hydrogens (tertiary/aromatic N) is 7. The van der Waals surface area contributed by atoms with Gasteiger partial charge in [0.1, 0.15) is 5.69 Å². The van der Waals surface area contributed by atoms with Crippen LogP contribution in [0.4, 0.5) is 30.7 Å². The van der Waals surface area contributed by atoms with Gasteiger partial charge in [-0.1, -0.05) is 0 Å². The molecule has 3 fully saturated rings. The van der Waals surface area contributed by atoms with E-state index in [4.69, 9.17) is 0 Å². The number of amides is 2. The largest absolute Gasteiger partial charge is 0.393 e. The highest BCUT2D eigenvalue weighted by molar-refractivity contribution is 5.92. The van der Waals surface area contributed by atoms with E-state index < -0.39 is 66.6 Å². The van der Waals surface area contributed by atoms with E-state index in [1.165, 1.54) is 27.7 Å². The number of carbonyl (C=O) groups excluding carboxylic acids is 2. The first-order valence-corrected chi connectivity index (χ1v) is 16.5. The van der Waals surface area contributed by atoms with Crippen molar-refractivity contribution in [2.75, 3.05) is 19.6 Å². The summed E-state index contributed by atoms with van der Waals surface area (Å²) < 4.78 is 99.7. The Balaban J connectivity index is 1.34. The van der Waals surface area contributed by atoms with Gasteiger partial charge in [0.2, 0.25) is 11.8 Å². The fourth-order valence-corrected chi connectivity index (χ4v) is 6.97. The van der Waals surface area contributed by atoms with Gasteiger partial charge in [-0.05, 0) is 38.2 Å². The molecule has 2 saturated heterocycles. The first kappa shape index (κ1) is 35.0. The van der Waals surface area contributed by atoms with Crippen molar-refractivity contribution < 1.29 is 40.3 Å². The number of imidazole rings is 1. The number of carbonyl (C=O) groups is 2. The molecule has 0 unspecified atom stereocenters. The second-order valence-electron chi connectivity index (χ2n) is 13.3. The molecule has 2 amide bonds. The number of piperidine rings is 2. The minimum absolute atomic E-state index is 0.0486. The molecule has 0 bridgehead atoms. The van der Waals surface area contributed by atoms with Gasteiger partial charge in [0.25, 0.3) is 17.6 Å². The standard InChI is InChI=1S/C31H38F7N9O2/c1-2-46-24(5-10-40-46)27(49)43-25(18-3-6-29(32,33)7-4-18)23-17-47-28(42-23)41-22(16-45-11-8-30(34,35)9-12-45)21(44-47)14-19-13-20(31(36,37)38)15-39-26(19)48/h5,10,17-20,25H,2-4,6-9,11-16H2,1H3,(H,39,48)(H,43,49)/t19-,20-,25+/m1/s1. The van der Waals surface area contributed by atoms with E-state index in [2.05, 4.69) is 30.8 Å².